The molecule has 0 aromatic carbocycles. The van der Waals surface area contributed by atoms with Crippen LogP contribution >= 0.6 is 0 Å². The molecule has 1 aromatic heterocycles. The number of hydrogen-bond acceptors (Lipinski definition) is 7. The minimum Gasteiger partial charge on any atom is -0.467 e. The van der Waals surface area contributed by atoms with Gasteiger partial charge in [0.25, 0.3) is 0 Å². The van der Waals surface area contributed by atoms with E-state index in [9.17, 15) is 0 Å². The third-order valence-electron chi connectivity index (χ3n) is 2.11. The van der Waals surface area contributed by atoms with Gasteiger partial charge in [0, 0.05) is 18.6 Å². The zero-order valence-corrected chi connectivity index (χ0v) is 10.5. The van der Waals surface area contributed by atoms with Crippen molar-refractivity contribution in [2.75, 3.05) is 32.7 Å². The van der Waals surface area contributed by atoms with Gasteiger partial charge in [-0.15, -0.1) is 4.98 Å². The number of methoxy groups -OCH3 is 2. The Kier molecular flexibility index (Phi) is 4.45. The van der Waals surface area contributed by atoms with E-state index in [-0.39, 0.29) is 24.0 Å². The summed E-state index contributed by atoms with van der Waals surface area (Å²) in [5.74, 6) is 0.357. The second kappa shape index (κ2) is 5.62. The second-order valence-electron chi connectivity index (χ2n) is 4.31. The molecule has 0 radical (unpaired) electrons. The van der Waals surface area contributed by atoms with Crippen molar-refractivity contribution >= 4 is 5.95 Å². The normalized spacial score (nSPS) is 11.1. The molecule has 17 heavy (non-hydrogen) atoms. The number of ether oxygens (including phenoxy) is 2. The number of hydrogen-bond donors (Lipinski definition) is 2. The van der Waals surface area contributed by atoms with Crippen molar-refractivity contribution in [3.63, 3.8) is 0 Å². The van der Waals surface area contributed by atoms with Crippen molar-refractivity contribution in [1.29, 1.82) is 0 Å². The van der Waals surface area contributed by atoms with Crippen LogP contribution in [0.5, 0.6) is 12.0 Å². The number of nitrogens with one attached hydrogen (secondary N) is 1. The minimum absolute atomic E-state index is 0.0688. The van der Waals surface area contributed by atoms with Gasteiger partial charge in [0.15, 0.2) is 0 Å². The first-order valence-electron chi connectivity index (χ1n) is 5.19. The maximum atomic E-state index is 9.13. The SMILES string of the molecule is COc1nc(NCC(C)(C)CO)nc(OC)n1. The van der Waals surface area contributed by atoms with Crippen molar-refractivity contribution in [2.24, 2.45) is 5.41 Å². The Labute approximate surface area is 100 Å². The van der Waals surface area contributed by atoms with E-state index in [1.165, 1.54) is 14.2 Å². The van der Waals surface area contributed by atoms with Crippen molar-refractivity contribution in [1.82, 2.24) is 15.0 Å². The monoisotopic (exact) mass is 242 g/mol. The molecule has 0 aliphatic carbocycles. The van der Waals surface area contributed by atoms with Crippen LogP contribution < -0.4 is 14.8 Å². The highest BCUT2D eigenvalue weighted by Crippen LogP contribution is 2.16. The number of aliphatic hydroxyl groups is 1. The maximum Gasteiger partial charge on any atom is 0.324 e. The van der Waals surface area contributed by atoms with Crippen LogP contribution in [0.15, 0.2) is 0 Å². The zero-order valence-electron chi connectivity index (χ0n) is 10.5. The van der Waals surface area contributed by atoms with Crippen molar-refractivity contribution in [3.8, 4) is 12.0 Å². The van der Waals surface area contributed by atoms with Gasteiger partial charge in [-0.3, -0.25) is 0 Å². The first kappa shape index (κ1) is 13.4. The van der Waals surface area contributed by atoms with E-state index in [1.807, 2.05) is 13.8 Å². The lowest BCUT2D eigenvalue weighted by molar-refractivity contribution is 0.170. The fourth-order valence-corrected chi connectivity index (χ4v) is 0.974. The largest absolute Gasteiger partial charge is 0.467 e. The summed E-state index contributed by atoms with van der Waals surface area (Å²) in [6, 6.07) is 0.363. The molecule has 0 aliphatic heterocycles. The van der Waals surface area contributed by atoms with Crippen LogP contribution in [0.1, 0.15) is 13.8 Å². The fourth-order valence-electron chi connectivity index (χ4n) is 0.974. The lowest BCUT2D eigenvalue weighted by atomic mass is 9.95. The Hall–Kier alpha value is -1.63. The van der Waals surface area contributed by atoms with Gasteiger partial charge in [-0.1, -0.05) is 13.8 Å². The molecule has 0 bridgehead atoms. The summed E-state index contributed by atoms with van der Waals surface area (Å²) in [7, 11) is 2.94. The van der Waals surface area contributed by atoms with Crippen molar-refractivity contribution in [3.05, 3.63) is 0 Å². The third kappa shape index (κ3) is 4.03. The number of nitrogens with zero attached hydrogens (tertiary/aromatic N) is 3. The van der Waals surface area contributed by atoms with Gasteiger partial charge < -0.3 is 19.9 Å². The molecule has 2 N–H and O–H groups in total. The topological polar surface area (TPSA) is 89.4 Å². The van der Waals surface area contributed by atoms with E-state index in [0.29, 0.717) is 12.5 Å². The van der Waals surface area contributed by atoms with Crippen LogP contribution in [0.25, 0.3) is 0 Å². The summed E-state index contributed by atoms with van der Waals surface area (Å²) < 4.78 is 9.85. The fraction of sp³-hybridized carbons (Fsp3) is 0.700. The van der Waals surface area contributed by atoms with Crippen LogP contribution in [0, 0.1) is 5.41 Å². The molecule has 1 aromatic rings. The van der Waals surface area contributed by atoms with Gasteiger partial charge in [0.2, 0.25) is 5.95 Å². The molecule has 0 atom stereocenters. The number of aromatic nitrogens is 3. The summed E-state index contributed by atoms with van der Waals surface area (Å²) >= 11 is 0. The molecule has 1 heterocycles. The Bertz CT molecular complexity index is 348. The highest BCUT2D eigenvalue weighted by molar-refractivity contribution is 5.27. The number of anilines is 1. The second-order valence-corrected chi connectivity index (χ2v) is 4.31. The summed E-state index contributed by atoms with van der Waals surface area (Å²) in [5.41, 5.74) is -0.257. The molecular weight excluding hydrogens is 224 g/mol. The van der Waals surface area contributed by atoms with Gasteiger partial charge in [-0.25, -0.2) is 0 Å². The lowest BCUT2D eigenvalue weighted by Gasteiger charge is -2.21. The van der Waals surface area contributed by atoms with E-state index in [1.54, 1.807) is 0 Å². The summed E-state index contributed by atoms with van der Waals surface area (Å²) in [6.07, 6.45) is 0. The van der Waals surface area contributed by atoms with Crippen molar-refractivity contribution in [2.45, 2.75) is 13.8 Å². The van der Waals surface area contributed by atoms with Crippen LogP contribution in [-0.4, -0.2) is 47.4 Å². The average molecular weight is 242 g/mol. The third-order valence-corrected chi connectivity index (χ3v) is 2.11. The zero-order chi connectivity index (χ0) is 12.9. The molecule has 0 unspecified atom stereocenters. The molecule has 96 valence electrons. The standard InChI is InChI=1S/C10H18N4O3/c1-10(2,6-15)5-11-7-12-8(16-3)14-9(13-7)17-4/h15H,5-6H2,1-4H3,(H,11,12,13,14). The molecule has 0 fully saturated rings. The Balaban J connectivity index is 2.76. The quantitative estimate of drug-likeness (QED) is 0.742. The van der Waals surface area contributed by atoms with E-state index < -0.39 is 0 Å². The van der Waals surface area contributed by atoms with E-state index in [0.717, 1.165) is 0 Å². The molecule has 1 rings (SSSR count). The first-order valence-corrected chi connectivity index (χ1v) is 5.19. The summed E-state index contributed by atoms with van der Waals surface area (Å²) in [5, 5.41) is 12.1. The van der Waals surface area contributed by atoms with E-state index in [4.69, 9.17) is 14.6 Å². The van der Waals surface area contributed by atoms with Crippen LogP contribution in [0.2, 0.25) is 0 Å². The number of aliphatic hydroxyl groups excluding tert-OH is 1. The lowest BCUT2D eigenvalue weighted by Crippen LogP contribution is -2.27. The van der Waals surface area contributed by atoms with E-state index >= 15 is 0 Å². The molecule has 0 spiro atoms. The van der Waals surface area contributed by atoms with Crippen LogP contribution in [0.3, 0.4) is 0 Å². The smallest absolute Gasteiger partial charge is 0.324 e. The molecule has 0 aliphatic rings. The van der Waals surface area contributed by atoms with Gasteiger partial charge in [-0.2, -0.15) is 9.97 Å². The molecule has 7 heteroatoms. The molecule has 0 amide bonds. The molecule has 7 nitrogen and oxygen atoms in total. The van der Waals surface area contributed by atoms with Crippen molar-refractivity contribution < 1.29 is 14.6 Å². The molecule has 0 saturated heterocycles. The average Bonchev–Trinajstić information content (AvgIpc) is 2.36. The highest BCUT2D eigenvalue weighted by atomic mass is 16.5. The van der Waals surface area contributed by atoms with Crippen LogP contribution in [0.4, 0.5) is 5.95 Å². The van der Waals surface area contributed by atoms with Gasteiger partial charge in [-0.05, 0) is 0 Å². The minimum atomic E-state index is -0.257. The Morgan fingerprint density at radius 2 is 1.65 bits per heavy atom. The summed E-state index contributed by atoms with van der Waals surface area (Å²) in [4.78, 5) is 11.9. The van der Waals surface area contributed by atoms with E-state index in [2.05, 4.69) is 20.3 Å². The van der Waals surface area contributed by atoms with Gasteiger partial charge in [0.1, 0.15) is 0 Å². The van der Waals surface area contributed by atoms with Crippen LogP contribution in [-0.2, 0) is 0 Å². The maximum absolute atomic E-state index is 9.13. The molecule has 0 saturated carbocycles. The first-order chi connectivity index (χ1) is 8.00. The summed E-state index contributed by atoms with van der Waals surface area (Å²) in [6.45, 7) is 4.45. The van der Waals surface area contributed by atoms with Gasteiger partial charge >= 0.3 is 12.0 Å². The predicted octanol–water partition coefficient (Wildman–Crippen LogP) is 0.319. The Morgan fingerprint density at radius 3 is 2.06 bits per heavy atom. The predicted molar refractivity (Wildman–Crippen MR) is 62.3 cm³/mol. The number of rotatable bonds is 6. The molecular formula is C10H18N4O3. The Morgan fingerprint density at radius 1 is 1.12 bits per heavy atom. The van der Waals surface area contributed by atoms with Gasteiger partial charge in [0.05, 0.1) is 14.2 Å². The highest BCUT2D eigenvalue weighted by Gasteiger charge is 2.17.